The Bertz CT molecular complexity index is 1660. The third-order valence-electron chi connectivity index (χ3n) is 9.20. The lowest BCUT2D eigenvalue weighted by molar-refractivity contribution is -0.117. The van der Waals surface area contributed by atoms with Crippen LogP contribution in [0.1, 0.15) is 61.5 Å². The van der Waals surface area contributed by atoms with E-state index in [1.165, 1.54) is 6.08 Å². The van der Waals surface area contributed by atoms with Gasteiger partial charge in [0, 0.05) is 56.8 Å². The van der Waals surface area contributed by atoms with Crippen molar-refractivity contribution in [3.63, 3.8) is 0 Å². The van der Waals surface area contributed by atoms with E-state index in [0.717, 1.165) is 81.1 Å². The van der Waals surface area contributed by atoms with E-state index in [9.17, 15) is 14.4 Å². The lowest BCUT2D eigenvalue weighted by Gasteiger charge is -2.32. The number of allylic oxidation sites excluding steroid dienone is 1. The Morgan fingerprint density at radius 2 is 1.69 bits per heavy atom. The molecule has 2 N–H and O–H groups in total. The minimum absolute atomic E-state index is 0.00951. The topological polar surface area (TPSA) is 94.2 Å². The molecule has 0 unspecified atom stereocenters. The number of carbonyl (C=O) groups excluding carboxylic acids is 3. The van der Waals surface area contributed by atoms with Gasteiger partial charge in [0.1, 0.15) is 11.4 Å². The number of fused-ring (bicyclic) bond motifs is 1. The molecular formula is C39H52FN5O4. The van der Waals surface area contributed by atoms with Crippen molar-refractivity contribution in [1.82, 2.24) is 20.0 Å². The molecule has 49 heavy (non-hydrogen) atoms. The predicted molar refractivity (Wildman–Crippen MR) is 195 cm³/mol. The van der Waals surface area contributed by atoms with Gasteiger partial charge >= 0.3 is 0 Å². The van der Waals surface area contributed by atoms with Gasteiger partial charge in [0.25, 0.3) is 5.91 Å². The maximum absolute atomic E-state index is 16.1. The SMILES string of the molecule is C/C=C(/C(=O)NCCCN1CCN(C)CC1)C(=O)c1cc(F)c(NC(=O)CCN(CC)CCC)c(Oc2cc3ccccc3cc2C)c1C. The van der Waals surface area contributed by atoms with Gasteiger partial charge in [0.05, 0.1) is 5.57 Å². The zero-order valence-corrected chi connectivity index (χ0v) is 30.0. The van der Waals surface area contributed by atoms with E-state index in [1.807, 2.05) is 50.2 Å². The van der Waals surface area contributed by atoms with Gasteiger partial charge in [-0.15, -0.1) is 0 Å². The summed E-state index contributed by atoms with van der Waals surface area (Å²) in [4.78, 5) is 47.1. The summed E-state index contributed by atoms with van der Waals surface area (Å²) in [5.74, 6) is -1.82. The van der Waals surface area contributed by atoms with Crippen LogP contribution in [0.15, 0.2) is 54.1 Å². The van der Waals surface area contributed by atoms with E-state index in [2.05, 4.69) is 39.3 Å². The van der Waals surface area contributed by atoms with Crippen molar-refractivity contribution in [1.29, 1.82) is 0 Å². The van der Waals surface area contributed by atoms with Crippen LogP contribution in [0, 0.1) is 19.7 Å². The molecule has 4 rings (SSSR count). The van der Waals surface area contributed by atoms with Crippen LogP contribution in [0.25, 0.3) is 10.8 Å². The molecule has 264 valence electrons. The van der Waals surface area contributed by atoms with Crippen LogP contribution in [-0.4, -0.2) is 98.2 Å². The van der Waals surface area contributed by atoms with Crippen molar-refractivity contribution in [3.05, 3.63) is 76.6 Å². The average molecular weight is 674 g/mol. The summed E-state index contributed by atoms with van der Waals surface area (Å²) in [5, 5.41) is 7.55. The highest BCUT2D eigenvalue weighted by atomic mass is 19.1. The van der Waals surface area contributed by atoms with Gasteiger partial charge in [-0.3, -0.25) is 14.4 Å². The Morgan fingerprint density at radius 1 is 1.00 bits per heavy atom. The van der Waals surface area contributed by atoms with E-state index < -0.39 is 17.5 Å². The minimum Gasteiger partial charge on any atom is -0.454 e. The number of ketones is 1. The van der Waals surface area contributed by atoms with Crippen molar-refractivity contribution in [3.8, 4) is 11.5 Å². The molecule has 1 aliphatic heterocycles. The van der Waals surface area contributed by atoms with Crippen molar-refractivity contribution >= 4 is 34.1 Å². The Morgan fingerprint density at radius 3 is 2.35 bits per heavy atom. The van der Waals surface area contributed by atoms with Crippen LogP contribution in [0.5, 0.6) is 11.5 Å². The molecule has 0 radical (unpaired) electrons. The van der Waals surface area contributed by atoms with E-state index in [-0.39, 0.29) is 34.9 Å². The van der Waals surface area contributed by atoms with E-state index in [0.29, 0.717) is 24.4 Å². The number of halogens is 1. The lowest BCUT2D eigenvalue weighted by atomic mass is 9.96. The van der Waals surface area contributed by atoms with Crippen LogP contribution in [-0.2, 0) is 9.59 Å². The molecule has 0 spiro atoms. The number of hydrogen-bond donors (Lipinski definition) is 2. The Balaban J connectivity index is 1.59. The lowest BCUT2D eigenvalue weighted by Crippen LogP contribution is -2.45. The number of nitrogens with one attached hydrogen (secondary N) is 2. The first kappa shape index (κ1) is 37.7. The Kier molecular flexibility index (Phi) is 13.9. The number of carbonyl (C=O) groups is 3. The number of likely N-dealkylation sites (N-methyl/N-ethyl adjacent to an activating group) is 1. The first-order valence-corrected chi connectivity index (χ1v) is 17.5. The number of aryl methyl sites for hydroxylation is 1. The maximum Gasteiger partial charge on any atom is 0.254 e. The standard InChI is InChI=1S/C39H52FN5O4/c1-7-17-44(9-3)19-15-35(46)42-36-33(40)26-32(28(5)38(36)49-34-25-30-14-11-10-13-29(30)24-27(34)4)37(47)31(8-2)39(48)41-16-12-18-45-22-20-43(6)21-23-45/h8,10-11,13-14,24-26H,7,9,12,15-23H2,1-6H3,(H,41,48)(H,42,46)/b31-8+. The monoisotopic (exact) mass is 673 g/mol. The summed E-state index contributed by atoms with van der Waals surface area (Å²) >= 11 is 0. The number of rotatable bonds is 16. The third-order valence-corrected chi connectivity index (χ3v) is 9.20. The van der Waals surface area contributed by atoms with Gasteiger partial charge in [0.2, 0.25) is 5.91 Å². The van der Waals surface area contributed by atoms with Gasteiger partial charge in [-0.1, -0.05) is 44.2 Å². The molecule has 1 saturated heterocycles. The predicted octanol–water partition coefficient (Wildman–Crippen LogP) is 6.33. The number of ether oxygens (including phenoxy) is 1. The largest absolute Gasteiger partial charge is 0.454 e. The van der Waals surface area contributed by atoms with E-state index in [1.54, 1.807) is 13.8 Å². The van der Waals surface area contributed by atoms with Crippen LogP contribution in [0.4, 0.5) is 10.1 Å². The van der Waals surface area contributed by atoms with E-state index in [4.69, 9.17) is 4.74 Å². The highest BCUT2D eigenvalue weighted by Crippen LogP contribution is 2.40. The fourth-order valence-electron chi connectivity index (χ4n) is 6.15. The zero-order chi connectivity index (χ0) is 35.5. The van der Waals surface area contributed by atoms with Crippen LogP contribution in [0.3, 0.4) is 0 Å². The van der Waals surface area contributed by atoms with Crippen LogP contribution < -0.4 is 15.4 Å². The summed E-state index contributed by atoms with van der Waals surface area (Å²) < 4.78 is 22.5. The number of benzene rings is 3. The molecule has 3 aromatic rings. The normalized spacial score (nSPS) is 14.3. The van der Waals surface area contributed by atoms with Gasteiger partial charge in [-0.2, -0.15) is 0 Å². The van der Waals surface area contributed by atoms with Crippen molar-refractivity contribution in [2.75, 3.05) is 71.3 Å². The molecule has 0 saturated carbocycles. The quantitative estimate of drug-likeness (QED) is 0.0604. The molecule has 9 nitrogen and oxygen atoms in total. The number of anilines is 1. The Hall–Kier alpha value is -4.12. The number of amides is 2. The number of piperazine rings is 1. The van der Waals surface area contributed by atoms with E-state index >= 15 is 4.39 Å². The second kappa shape index (κ2) is 18.0. The molecule has 1 fully saturated rings. The maximum atomic E-state index is 16.1. The molecule has 0 atom stereocenters. The summed E-state index contributed by atoms with van der Waals surface area (Å²) in [6, 6.07) is 12.7. The van der Waals surface area contributed by atoms with Crippen molar-refractivity contribution in [2.24, 2.45) is 0 Å². The summed E-state index contributed by atoms with van der Waals surface area (Å²) in [5.41, 5.74) is 0.890. The molecule has 0 bridgehead atoms. The smallest absolute Gasteiger partial charge is 0.254 e. The molecule has 1 aliphatic rings. The summed E-state index contributed by atoms with van der Waals surface area (Å²) in [6.45, 7) is 16.8. The molecule has 1 heterocycles. The van der Waals surface area contributed by atoms with Gasteiger partial charge in [0.15, 0.2) is 17.3 Å². The molecule has 2 amide bonds. The fourth-order valence-corrected chi connectivity index (χ4v) is 6.15. The molecule has 0 aromatic heterocycles. The van der Waals surface area contributed by atoms with Crippen molar-refractivity contribution < 1.29 is 23.5 Å². The molecular weight excluding hydrogens is 621 g/mol. The number of Topliss-reactive ketones (excluding diaryl/α,β-unsaturated/α-hetero) is 1. The summed E-state index contributed by atoms with van der Waals surface area (Å²) in [7, 11) is 2.11. The first-order chi connectivity index (χ1) is 23.6. The van der Waals surface area contributed by atoms with Crippen LogP contribution in [0.2, 0.25) is 0 Å². The average Bonchev–Trinajstić information content (AvgIpc) is 3.09. The summed E-state index contributed by atoms with van der Waals surface area (Å²) in [6.07, 6.45) is 3.33. The third kappa shape index (κ3) is 9.97. The molecule has 10 heteroatoms. The fraction of sp³-hybridized carbons (Fsp3) is 0.462. The number of hydrogen-bond acceptors (Lipinski definition) is 7. The second-order valence-corrected chi connectivity index (χ2v) is 12.8. The number of nitrogens with zero attached hydrogens (tertiary/aromatic N) is 3. The first-order valence-electron chi connectivity index (χ1n) is 17.5. The minimum atomic E-state index is -0.820. The zero-order valence-electron chi connectivity index (χ0n) is 30.0. The van der Waals surface area contributed by atoms with Gasteiger partial charge in [-0.25, -0.2) is 4.39 Å². The highest BCUT2D eigenvalue weighted by molar-refractivity contribution is 6.26. The van der Waals surface area contributed by atoms with Gasteiger partial charge in [-0.05, 0) is 94.8 Å². The van der Waals surface area contributed by atoms with Gasteiger partial charge < -0.3 is 30.1 Å². The van der Waals surface area contributed by atoms with Crippen molar-refractivity contribution in [2.45, 2.75) is 53.9 Å². The molecule has 3 aromatic carbocycles. The Labute approximate surface area is 290 Å². The highest BCUT2D eigenvalue weighted by Gasteiger charge is 2.27. The second-order valence-electron chi connectivity index (χ2n) is 12.8. The molecule has 0 aliphatic carbocycles. The van der Waals surface area contributed by atoms with Crippen LogP contribution >= 0.6 is 0 Å².